The van der Waals surface area contributed by atoms with Gasteiger partial charge in [0.25, 0.3) is 5.91 Å². The van der Waals surface area contributed by atoms with E-state index in [0.717, 1.165) is 16.6 Å². The Hall–Kier alpha value is -2.98. The van der Waals surface area contributed by atoms with E-state index in [1.165, 1.54) is 44.4 Å². The molecule has 0 saturated heterocycles. The standard InChI is InChI=1S/C20H24FN3O5S/c1-14(24(30(3,27)28)16-8-6-7-15(21)13-16)19(25)23-18-10-5-4-9-17(18)20(26)22-11-12-29-2/h4-10,13-14H,11-12H2,1-3H3,(H,22,26)(H,23,25)/t14-/m0/s1. The van der Waals surface area contributed by atoms with Crippen molar-refractivity contribution < 1.29 is 27.1 Å². The van der Waals surface area contributed by atoms with Crippen LogP contribution in [-0.2, 0) is 19.6 Å². The third-order valence-electron chi connectivity index (χ3n) is 4.17. The molecule has 2 aromatic carbocycles. The molecule has 0 aliphatic heterocycles. The van der Waals surface area contributed by atoms with Gasteiger partial charge in [-0.1, -0.05) is 18.2 Å². The Morgan fingerprint density at radius 3 is 2.50 bits per heavy atom. The largest absolute Gasteiger partial charge is 0.383 e. The predicted molar refractivity (Wildman–Crippen MR) is 112 cm³/mol. The average molecular weight is 437 g/mol. The fraction of sp³-hybridized carbons (Fsp3) is 0.300. The minimum atomic E-state index is -3.90. The van der Waals surface area contributed by atoms with Crippen LogP contribution in [0, 0.1) is 5.82 Å². The van der Waals surface area contributed by atoms with Crippen LogP contribution in [0.15, 0.2) is 48.5 Å². The monoisotopic (exact) mass is 437 g/mol. The number of nitrogens with one attached hydrogen (secondary N) is 2. The van der Waals surface area contributed by atoms with E-state index in [4.69, 9.17) is 4.74 Å². The van der Waals surface area contributed by atoms with E-state index in [9.17, 15) is 22.4 Å². The SMILES string of the molecule is COCCNC(=O)c1ccccc1NC(=O)[C@H](C)N(c1cccc(F)c1)S(C)(=O)=O. The number of hydrogen-bond acceptors (Lipinski definition) is 5. The fourth-order valence-electron chi connectivity index (χ4n) is 2.81. The van der Waals surface area contributed by atoms with Crippen LogP contribution in [0.25, 0.3) is 0 Å². The number of rotatable bonds is 9. The molecule has 0 aromatic heterocycles. The minimum absolute atomic E-state index is 0.0192. The molecule has 0 heterocycles. The zero-order valence-electron chi connectivity index (χ0n) is 16.9. The lowest BCUT2D eigenvalue weighted by Crippen LogP contribution is -2.45. The topological polar surface area (TPSA) is 105 Å². The number of halogens is 1. The second kappa shape index (κ2) is 10.2. The molecule has 8 nitrogen and oxygen atoms in total. The summed E-state index contributed by atoms with van der Waals surface area (Å²) in [6.07, 6.45) is 0.929. The Labute approximate surface area is 175 Å². The Morgan fingerprint density at radius 2 is 1.87 bits per heavy atom. The molecule has 30 heavy (non-hydrogen) atoms. The van der Waals surface area contributed by atoms with Crippen LogP contribution >= 0.6 is 0 Å². The summed E-state index contributed by atoms with van der Waals surface area (Å²) in [4.78, 5) is 25.2. The van der Waals surface area contributed by atoms with E-state index >= 15 is 0 Å². The van der Waals surface area contributed by atoms with Gasteiger partial charge >= 0.3 is 0 Å². The zero-order chi connectivity index (χ0) is 22.3. The highest BCUT2D eigenvalue weighted by atomic mass is 32.2. The molecule has 1 atom stereocenters. The number of benzene rings is 2. The number of para-hydroxylation sites is 1. The smallest absolute Gasteiger partial charge is 0.253 e. The van der Waals surface area contributed by atoms with Gasteiger partial charge in [-0.2, -0.15) is 0 Å². The van der Waals surface area contributed by atoms with Crippen molar-refractivity contribution in [3.8, 4) is 0 Å². The molecular weight excluding hydrogens is 413 g/mol. The highest BCUT2D eigenvalue weighted by Crippen LogP contribution is 2.23. The van der Waals surface area contributed by atoms with Gasteiger partial charge in [-0.15, -0.1) is 0 Å². The summed E-state index contributed by atoms with van der Waals surface area (Å²) in [5.41, 5.74) is 0.452. The van der Waals surface area contributed by atoms with Crippen molar-refractivity contribution >= 4 is 33.2 Å². The van der Waals surface area contributed by atoms with E-state index in [0.29, 0.717) is 6.61 Å². The van der Waals surface area contributed by atoms with Crippen LogP contribution in [0.4, 0.5) is 15.8 Å². The molecule has 2 amide bonds. The first-order chi connectivity index (χ1) is 14.1. The van der Waals surface area contributed by atoms with Gasteiger partial charge in [-0.25, -0.2) is 12.8 Å². The molecule has 162 valence electrons. The van der Waals surface area contributed by atoms with Crippen molar-refractivity contribution in [3.05, 3.63) is 59.9 Å². The molecular formula is C20H24FN3O5S. The first-order valence-corrected chi connectivity index (χ1v) is 10.9. The van der Waals surface area contributed by atoms with Gasteiger partial charge in [0, 0.05) is 13.7 Å². The Balaban J connectivity index is 2.27. The molecule has 0 bridgehead atoms. The van der Waals surface area contributed by atoms with Crippen molar-refractivity contribution in [1.29, 1.82) is 0 Å². The molecule has 0 saturated carbocycles. The van der Waals surface area contributed by atoms with Crippen molar-refractivity contribution in [2.45, 2.75) is 13.0 Å². The van der Waals surface area contributed by atoms with Crippen molar-refractivity contribution in [2.75, 3.05) is 36.1 Å². The van der Waals surface area contributed by atoms with Gasteiger partial charge in [0.15, 0.2) is 0 Å². The van der Waals surface area contributed by atoms with E-state index in [2.05, 4.69) is 10.6 Å². The Kier molecular flexibility index (Phi) is 7.90. The maximum absolute atomic E-state index is 13.6. The van der Waals surface area contributed by atoms with Crippen molar-refractivity contribution in [2.24, 2.45) is 0 Å². The molecule has 0 aliphatic rings. The number of ether oxygens (including phenoxy) is 1. The van der Waals surface area contributed by atoms with Crippen LogP contribution < -0.4 is 14.9 Å². The van der Waals surface area contributed by atoms with E-state index < -0.39 is 33.7 Å². The first-order valence-electron chi connectivity index (χ1n) is 9.07. The lowest BCUT2D eigenvalue weighted by molar-refractivity contribution is -0.116. The van der Waals surface area contributed by atoms with Crippen molar-refractivity contribution in [1.82, 2.24) is 5.32 Å². The number of anilines is 2. The highest BCUT2D eigenvalue weighted by Gasteiger charge is 2.30. The van der Waals surface area contributed by atoms with Gasteiger partial charge in [0.1, 0.15) is 11.9 Å². The maximum atomic E-state index is 13.6. The number of sulfonamides is 1. The maximum Gasteiger partial charge on any atom is 0.253 e. The summed E-state index contributed by atoms with van der Waals surface area (Å²) in [5.74, 6) is -1.73. The molecule has 2 N–H and O–H groups in total. The number of amides is 2. The minimum Gasteiger partial charge on any atom is -0.383 e. The van der Waals surface area contributed by atoms with Crippen LogP contribution in [0.2, 0.25) is 0 Å². The quantitative estimate of drug-likeness (QED) is 0.584. The second-order valence-corrected chi connectivity index (χ2v) is 8.36. The normalized spacial score (nSPS) is 12.1. The number of methoxy groups -OCH3 is 1. The molecule has 2 aromatic rings. The van der Waals surface area contributed by atoms with Gasteiger partial charge < -0.3 is 15.4 Å². The van der Waals surface area contributed by atoms with E-state index in [-0.39, 0.29) is 23.5 Å². The van der Waals surface area contributed by atoms with Crippen LogP contribution in [0.1, 0.15) is 17.3 Å². The molecule has 0 aliphatic carbocycles. The Morgan fingerprint density at radius 1 is 1.17 bits per heavy atom. The number of hydrogen-bond donors (Lipinski definition) is 2. The summed E-state index contributed by atoms with van der Waals surface area (Å²) >= 11 is 0. The Bertz CT molecular complexity index is 1010. The van der Waals surface area contributed by atoms with Crippen LogP contribution in [0.3, 0.4) is 0 Å². The number of carbonyl (C=O) groups is 2. The molecule has 10 heteroatoms. The van der Waals surface area contributed by atoms with Gasteiger partial charge in [0.2, 0.25) is 15.9 Å². The average Bonchev–Trinajstić information content (AvgIpc) is 2.67. The van der Waals surface area contributed by atoms with E-state index in [1.807, 2.05) is 0 Å². The van der Waals surface area contributed by atoms with Gasteiger partial charge in [-0.3, -0.25) is 13.9 Å². The fourth-order valence-corrected chi connectivity index (χ4v) is 3.98. The van der Waals surface area contributed by atoms with Crippen LogP contribution in [-0.4, -0.2) is 52.8 Å². The summed E-state index contributed by atoms with van der Waals surface area (Å²) in [5, 5.41) is 5.25. The lowest BCUT2D eigenvalue weighted by Gasteiger charge is -2.28. The zero-order valence-corrected chi connectivity index (χ0v) is 17.7. The number of carbonyl (C=O) groups excluding carboxylic acids is 2. The summed E-state index contributed by atoms with van der Waals surface area (Å²) in [7, 11) is -2.39. The summed E-state index contributed by atoms with van der Waals surface area (Å²) < 4.78 is 44.0. The second-order valence-electron chi connectivity index (χ2n) is 6.50. The molecule has 2 rings (SSSR count). The summed E-state index contributed by atoms with van der Waals surface area (Å²) in [6, 6.07) is 10.1. The molecule has 0 radical (unpaired) electrons. The molecule has 0 unspecified atom stereocenters. The van der Waals surface area contributed by atoms with E-state index in [1.54, 1.807) is 12.1 Å². The van der Waals surface area contributed by atoms with Gasteiger partial charge in [0.05, 0.1) is 29.8 Å². The predicted octanol–water partition coefficient (Wildman–Crippen LogP) is 2.00. The third-order valence-corrected chi connectivity index (χ3v) is 5.41. The first kappa shape index (κ1) is 23.3. The highest BCUT2D eigenvalue weighted by molar-refractivity contribution is 7.92. The molecule has 0 spiro atoms. The van der Waals surface area contributed by atoms with Crippen molar-refractivity contribution in [3.63, 3.8) is 0 Å². The lowest BCUT2D eigenvalue weighted by atomic mass is 10.1. The molecule has 0 fully saturated rings. The summed E-state index contributed by atoms with van der Waals surface area (Å²) in [6.45, 7) is 1.99. The van der Waals surface area contributed by atoms with Crippen LogP contribution in [0.5, 0.6) is 0 Å². The third kappa shape index (κ3) is 6.01. The van der Waals surface area contributed by atoms with Gasteiger partial charge in [-0.05, 0) is 37.3 Å². The number of nitrogens with zero attached hydrogens (tertiary/aromatic N) is 1.